The minimum atomic E-state index is -0.0151. The molecule has 90 valence electrons. The molecule has 1 aromatic rings. The number of anilines is 1. The number of aromatic nitrogens is 2. The van der Waals surface area contributed by atoms with E-state index in [4.69, 9.17) is 0 Å². The molecule has 1 heterocycles. The van der Waals surface area contributed by atoms with Crippen LogP contribution in [0.2, 0.25) is 0 Å². The average molecular weight is 259 g/mol. The van der Waals surface area contributed by atoms with Gasteiger partial charge in [0.1, 0.15) is 5.01 Å². The smallest absolute Gasteiger partial charge is 0.236 e. The highest BCUT2D eigenvalue weighted by Crippen LogP contribution is 2.23. The molecule has 1 rings (SSSR count). The topological polar surface area (TPSA) is 54.9 Å². The van der Waals surface area contributed by atoms with Crippen molar-refractivity contribution in [3.05, 3.63) is 5.01 Å². The minimum Gasteiger partial charge on any atom is -0.300 e. The van der Waals surface area contributed by atoms with E-state index in [1.165, 1.54) is 11.3 Å². The third kappa shape index (κ3) is 4.94. The van der Waals surface area contributed by atoms with E-state index in [1.807, 2.05) is 6.92 Å². The summed E-state index contributed by atoms with van der Waals surface area (Å²) in [5.74, 6) is 0.434. The van der Waals surface area contributed by atoms with Crippen LogP contribution in [0, 0.1) is 0 Å². The molecule has 0 atom stereocenters. The lowest BCUT2D eigenvalue weighted by atomic mass is 10.3. The van der Waals surface area contributed by atoms with Gasteiger partial charge in [-0.25, -0.2) is 0 Å². The van der Waals surface area contributed by atoms with E-state index in [0.29, 0.717) is 10.9 Å². The molecule has 0 aliphatic heterocycles. The van der Waals surface area contributed by atoms with Crippen molar-refractivity contribution in [1.29, 1.82) is 0 Å². The highest BCUT2D eigenvalue weighted by molar-refractivity contribution is 8.01. The molecular weight excluding hydrogens is 242 g/mol. The molecule has 0 bridgehead atoms. The maximum Gasteiger partial charge on any atom is 0.236 e. The monoisotopic (exact) mass is 259 g/mol. The summed E-state index contributed by atoms with van der Waals surface area (Å²) in [5.41, 5.74) is 0. The van der Waals surface area contributed by atoms with Crippen molar-refractivity contribution in [2.24, 2.45) is 0 Å². The first-order valence-corrected chi connectivity index (χ1v) is 6.97. The van der Waals surface area contributed by atoms with Gasteiger partial charge in [0.15, 0.2) is 0 Å². The molecule has 0 spiro atoms. The van der Waals surface area contributed by atoms with Crippen LogP contribution in [0.5, 0.6) is 0 Å². The Hall–Kier alpha value is -0.620. The molecule has 0 aliphatic carbocycles. The molecule has 0 saturated heterocycles. The summed E-state index contributed by atoms with van der Waals surface area (Å²) in [6.45, 7) is 8.28. The van der Waals surface area contributed by atoms with Crippen LogP contribution in [0.1, 0.15) is 32.7 Å². The number of hydrogen-bond acceptors (Lipinski definition) is 5. The first kappa shape index (κ1) is 13.4. The van der Waals surface area contributed by atoms with Crippen molar-refractivity contribution < 1.29 is 4.79 Å². The van der Waals surface area contributed by atoms with Crippen molar-refractivity contribution in [2.75, 3.05) is 11.1 Å². The maximum atomic E-state index is 11.6. The Balaban J connectivity index is 2.40. The fraction of sp³-hybridized carbons (Fsp3) is 0.700. The van der Waals surface area contributed by atoms with Gasteiger partial charge < -0.3 is 0 Å². The van der Waals surface area contributed by atoms with Crippen molar-refractivity contribution in [2.45, 2.75) is 38.9 Å². The molecule has 1 amide bonds. The SMILES string of the molecule is CCc1nnc(NC(=O)CSC(C)(C)C)s1. The summed E-state index contributed by atoms with van der Waals surface area (Å²) in [5, 5.41) is 12.1. The molecule has 0 aliphatic rings. The highest BCUT2D eigenvalue weighted by atomic mass is 32.2. The van der Waals surface area contributed by atoms with E-state index < -0.39 is 0 Å². The second kappa shape index (κ2) is 5.63. The third-order valence-corrected chi connectivity index (χ3v) is 3.91. The Kier molecular flexibility index (Phi) is 4.73. The quantitative estimate of drug-likeness (QED) is 0.903. The van der Waals surface area contributed by atoms with Gasteiger partial charge in [-0.1, -0.05) is 39.0 Å². The number of aryl methyl sites for hydroxylation is 1. The van der Waals surface area contributed by atoms with Gasteiger partial charge in [0, 0.05) is 4.75 Å². The van der Waals surface area contributed by atoms with Crippen molar-refractivity contribution in [1.82, 2.24) is 10.2 Å². The lowest BCUT2D eigenvalue weighted by Gasteiger charge is -2.16. The van der Waals surface area contributed by atoms with Crippen molar-refractivity contribution in [3.8, 4) is 0 Å². The highest BCUT2D eigenvalue weighted by Gasteiger charge is 2.14. The zero-order valence-electron chi connectivity index (χ0n) is 10.0. The van der Waals surface area contributed by atoms with Gasteiger partial charge in [0.25, 0.3) is 0 Å². The predicted octanol–water partition coefficient (Wildman–Crippen LogP) is 2.57. The summed E-state index contributed by atoms with van der Waals surface area (Å²) in [6.07, 6.45) is 0.851. The normalized spacial score (nSPS) is 11.5. The molecule has 0 radical (unpaired) electrons. The second-order valence-electron chi connectivity index (χ2n) is 4.30. The van der Waals surface area contributed by atoms with E-state index in [9.17, 15) is 4.79 Å². The number of carbonyl (C=O) groups is 1. The summed E-state index contributed by atoms with van der Waals surface area (Å²) < 4.78 is 0.104. The molecule has 1 N–H and O–H groups in total. The van der Waals surface area contributed by atoms with Gasteiger partial charge in [-0.15, -0.1) is 22.0 Å². The lowest BCUT2D eigenvalue weighted by molar-refractivity contribution is -0.113. The van der Waals surface area contributed by atoms with Crippen LogP contribution in [-0.4, -0.2) is 26.6 Å². The lowest BCUT2D eigenvalue weighted by Crippen LogP contribution is -2.18. The van der Waals surface area contributed by atoms with Gasteiger partial charge in [0.05, 0.1) is 5.75 Å². The minimum absolute atomic E-state index is 0.0151. The third-order valence-electron chi connectivity index (χ3n) is 1.65. The molecule has 0 saturated carbocycles. The number of nitrogens with zero attached hydrogens (tertiary/aromatic N) is 2. The van der Waals surface area contributed by atoms with E-state index in [1.54, 1.807) is 11.8 Å². The first-order chi connectivity index (χ1) is 7.40. The Labute approximate surface area is 104 Å². The van der Waals surface area contributed by atoms with E-state index in [-0.39, 0.29) is 10.7 Å². The van der Waals surface area contributed by atoms with Crippen LogP contribution >= 0.6 is 23.1 Å². The van der Waals surface area contributed by atoms with E-state index >= 15 is 0 Å². The molecule has 0 aromatic carbocycles. The van der Waals surface area contributed by atoms with Crippen LogP contribution in [0.25, 0.3) is 0 Å². The number of hydrogen-bond donors (Lipinski definition) is 1. The summed E-state index contributed by atoms with van der Waals surface area (Å²) in [7, 11) is 0. The standard InChI is InChI=1S/C10H17N3OS2/c1-5-8-12-13-9(16-8)11-7(14)6-15-10(2,3)4/h5-6H2,1-4H3,(H,11,13,14). The van der Waals surface area contributed by atoms with E-state index in [0.717, 1.165) is 11.4 Å². The zero-order valence-corrected chi connectivity index (χ0v) is 11.7. The summed E-state index contributed by atoms with van der Waals surface area (Å²) in [6, 6.07) is 0. The van der Waals surface area contributed by atoms with Crippen LogP contribution in [-0.2, 0) is 11.2 Å². The van der Waals surface area contributed by atoms with E-state index in [2.05, 4.69) is 36.3 Å². The fourth-order valence-corrected chi connectivity index (χ4v) is 2.22. The van der Waals surface area contributed by atoms with Crippen molar-refractivity contribution in [3.63, 3.8) is 0 Å². The Morgan fingerprint density at radius 3 is 2.62 bits per heavy atom. The Morgan fingerprint density at radius 2 is 2.12 bits per heavy atom. The Bertz CT molecular complexity index is 357. The summed E-state index contributed by atoms with van der Waals surface area (Å²) in [4.78, 5) is 11.6. The largest absolute Gasteiger partial charge is 0.300 e. The van der Waals surface area contributed by atoms with Crippen LogP contribution < -0.4 is 5.32 Å². The van der Waals surface area contributed by atoms with Crippen molar-refractivity contribution >= 4 is 34.1 Å². The van der Waals surface area contributed by atoms with Crippen LogP contribution in [0.15, 0.2) is 0 Å². The molecule has 16 heavy (non-hydrogen) atoms. The van der Waals surface area contributed by atoms with Gasteiger partial charge in [-0.2, -0.15) is 0 Å². The first-order valence-electron chi connectivity index (χ1n) is 5.17. The molecule has 0 fully saturated rings. The maximum absolute atomic E-state index is 11.6. The number of nitrogens with one attached hydrogen (secondary N) is 1. The number of carbonyl (C=O) groups excluding carboxylic acids is 1. The number of amides is 1. The predicted molar refractivity (Wildman–Crippen MR) is 70.1 cm³/mol. The average Bonchev–Trinajstić information content (AvgIpc) is 2.61. The molecule has 4 nitrogen and oxygen atoms in total. The van der Waals surface area contributed by atoms with Gasteiger partial charge in [-0.05, 0) is 6.42 Å². The Morgan fingerprint density at radius 1 is 1.44 bits per heavy atom. The number of rotatable bonds is 4. The summed E-state index contributed by atoms with van der Waals surface area (Å²) >= 11 is 3.05. The zero-order chi connectivity index (χ0) is 12.2. The molecule has 6 heteroatoms. The van der Waals surface area contributed by atoms with Gasteiger partial charge >= 0.3 is 0 Å². The van der Waals surface area contributed by atoms with Crippen LogP contribution in [0.3, 0.4) is 0 Å². The number of thioether (sulfide) groups is 1. The van der Waals surface area contributed by atoms with Gasteiger partial charge in [-0.3, -0.25) is 10.1 Å². The van der Waals surface area contributed by atoms with Gasteiger partial charge in [0.2, 0.25) is 11.0 Å². The second-order valence-corrected chi connectivity index (χ2v) is 7.17. The molecule has 1 aromatic heterocycles. The van der Waals surface area contributed by atoms with Crippen LogP contribution in [0.4, 0.5) is 5.13 Å². The molecule has 0 unspecified atom stereocenters. The fourth-order valence-electron chi connectivity index (χ4n) is 0.884. The molecular formula is C10H17N3OS2.